The number of anilines is 1. The summed E-state index contributed by atoms with van der Waals surface area (Å²) in [5, 5.41) is 9.09. The number of nitrogens with zero attached hydrogens (tertiary/aromatic N) is 4. The Balaban J connectivity index is 1.20. The maximum absolute atomic E-state index is 12.4. The molecule has 7 heteroatoms. The summed E-state index contributed by atoms with van der Waals surface area (Å²) in [5.41, 5.74) is 2.91. The third kappa shape index (κ3) is 5.26. The van der Waals surface area contributed by atoms with Crippen LogP contribution in [0, 0.1) is 4.91 Å². The summed E-state index contributed by atoms with van der Waals surface area (Å²) in [6, 6.07) is 27.7. The second-order valence-corrected chi connectivity index (χ2v) is 9.68. The van der Waals surface area contributed by atoms with Crippen molar-refractivity contribution in [1.82, 2.24) is 14.8 Å². The Kier molecular flexibility index (Phi) is 7.56. The van der Waals surface area contributed by atoms with E-state index in [1.54, 1.807) is 0 Å². The molecule has 0 saturated carbocycles. The van der Waals surface area contributed by atoms with Gasteiger partial charge in [-0.3, -0.25) is 14.8 Å². The van der Waals surface area contributed by atoms with Crippen LogP contribution in [0.2, 0.25) is 5.02 Å². The summed E-state index contributed by atoms with van der Waals surface area (Å²) in [6.07, 6.45) is 1.81. The molecule has 1 N–H and O–H groups in total. The SMILES string of the molecule is O=NC(CN1CCN(CCNc2ccnc3cc(Cl)ccc23)CC1)(c1ccccc1)c1ccccc1. The summed E-state index contributed by atoms with van der Waals surface area (Å²) in [6.45, 7) is 6.05. The van der Waals surface area contributed by atoms with Gasteiger partial charge in [0.25, 0.3) is 0 Å². The first-order valence-corrected chi connectivity index (χ1v) is 12.7. The van der Waals surface area contributed by atoms with Gasteiger partial charge in [-0.2, -0.15) is 0 Å². The van der Waals surface area contributed by atoms with Crippen molar-refractivity contribution < 1.29 is 0 Å². The van der Waals surface area contributed by atoms with Gasteiger partial charge in [0.15, 0.2) is 5.54 Å². The zero-order chi connectivity index (χ0) is 24.8. The maximum Gasteiger partial charge on any atom is 0.165 e. The van der Waals surface area contributed by atoms with Crippen LogP contribution >= 0.6 is 11.6 Å². The summed E-state index contributed by atoms with van der Waals surface area (Å²) < 4.78 is 0. The van der Waals surface area contributed by atoms with Crippen molar-refractivity contribution in [3.8, 4) is 0 Å². The minimum Gasteiger partial charge on any atom is -0.383 e. The van der Waals surface area contributed by atoms with Crippen molar-refractivity contribution >= 4 is 28.2 Å². The number of hydrogen-bond donors (Lipinski definition) is 1. The van der Waals surface area contributed by atoms with Gasteiger partial charge in [0.2, 0.25) is 0 Å². The molecule has 0 aliphatic carbocycles. The molecule has 1 aliphatic heterocycles. The van der Waals surface area contributed by atoms with Gasteiger partial charge >= 0.3 is 0 Å². The van der Waals surface area contributed by atoms with Crippen molar-refractivity contribution in [3.63, 3.8) is 0 Å². The molecule has 184 valence electrons. The zero-order valence-corrected chi connectivity index (χ0v) is 20.9. The molecule has 36 heavy (non-hydrogen) atoms. The van der Waals surface area contributed by atoms with Crippen LogP contribution < -0.4 is 5.32 Å². The summed E-state index contributed by atoms with van der Waals surface area (Å²) in [7, 11) is 0. The van der Waals surface area contributed by atoms with E-state index in [4.69, 9.17) is 11.6 Å². The predicted octanol–water partition coefficient (Wildman–Crippen LogP) is 5.63. The molecule has 2 heterocycles. The largest absolute Gasteiger partial charge is 0.383 e. The number of piperazine rings is 1. The van der Waals surface area contributed by atoms with E-state index < -0.39 is 5.54 Å². The normalized spacial score (nSPS) is 15.1. The molecule has 0 atom stereocenters. The van der Waals surface area contributed by atoms with Gasteiger partial charge in [0.05, 0.1) is 5.52 Å². The molecule has 1 aromatic heterocycles. The lowest BCUT2D eigenvalue weighted by molar-refractivity contribution is 0.120. The van der Waals surface area contributed by atoms with E-state index in [-0.39, 0.29) is 0 Å². The fourth-order valence-corrected chi connectivity index (χ4v) is 5.20. The number of rotatable bonds is 9. The van der Waals surface area contributed by atoms with Gasteiger partial charge in [0.1, 0.15) is 0 Å². The zero-order valence-electron chi connectivity index (χ0n) is 20.2. The van der Waals surface area contributed by atoms with Crippen LogP contribution in [0.1, 0.15) is 11.1 Å². The van der Waals surface area contributed by atoms with Crippen LogP contribution in [0.25, 0.3) is 10.9 Å². The molecule has 3 aromatic carbocycles. The predicted molar refractivity (Wildman–Crippen MR) is 148 cm³/mol. The van der Waals surface area contributed by atoms with Gasteiger partial charge < -0.3 is 5.32 Å². The van der Waals surface area contributed by atoms with Crippen LogP contribution in [0.4, 0.5) is 5.69 Å². The lowest BCUT2D eigenvalue weighted by atomic mass is 9.83. The van der Waals surface area contributed by atoms with Crippen LogP contribution in [-0.2, 0) is 5.54 Å². The first-order valence-electron chi connectivity index (χ1n) is 12.4. The topological polar surface area (TPSA) is 60.8 Å². The molecule has 0 spiro atoms. The number of hydrogen-bond acceptors (Lipinski definition) is 6. The second kappa shape index (κ2) is 11.2. The smallest absolute Gasteiger partial charge is 0.165 e. The third-order valence-electron chi connectivity index (χ3n) is 7.02. The Hall–Kier alpha value is -3.32. The minimum atomic E-state index is -0.919. The molecular formula is C29H30ClN5O. The molecule has 5 rings (SSSR count). The van der Waals surface area contributed by atoms with E-state index in [2.05, 4.69) is 25.3 Å². The van der Waals surface area contributed by atoms with Gasteiger partial charge in [-0.15, -0.1) is 4.91 Å². The Morgan fingerprint density at radius 1 is 0.861 bits per heavy atom. The Morgan fingerprint density at radius 2 is 1.50 bits per heavy atom. The van der Waals surface area contributed by atoms with E-state index in [1.165, 1.54) is 0 Å². The van der Waals surface area contributed by atoms with E-state index in [0.29, 0.717) is 11.6 Å². The van der Waals surface area contributed by atoms with Crippen LogP contribution in [0.5, 0.6) is 0 Å². The average molecular weight is 500 g/mol. The van der Waals surface area contributed by atoms with E-state index in [0.717, 1.165) is 67.0 Å². The molecule has 1 saturated heterocycles. The van der Waals surface area contributed by atoms with Gasteiger partial charge in [0, 0.05) is 68.1 Å². The monoisotopic (exact) mass is 499 g/mol. The van der Waals surface area contributed by atoms with Crippen LogP contribution in [-0.4, -0.2) is 60.6 Å². The van der Waals surface area contributed by atoms with Gasteiger partial charge in [-0.1, -0.05) is 77.4 Å². The Labute approximate surface area is 216 Å². The van der Waals surface area contributed by atoms with Crippen molar-refractivity contribution in [1.29, 1.82) is 0 Å². The molecule has 0 amide bonds. The highest BCUT2D eigenvalue weighted by Gasteiger charge is 2.38. The first-order chi connectivity index (χ1) is 17.7. The number of nitroso groups, excluding NO2 is 1. The van der Waals surface area contributed by atoms with Gasteiger partial charge in [-0.05, 0) is 35.4 Å². The molecular weight excluding hydrogens is 470 g/mol. The van der Waals surface area contributed by atoms with Crippen molar-refractivity contribution in [2.45, 2.75) is 5.54 Å². The third-order valence-corrected chi connectivity index (χ3v) is 7.26. The van der Waals surface area contributed by atoms with Crippen molar-refractivity contribution in [2.24, 2.45) is 5.18 Å². The van der Waals surface area contributed by atoms with E-state index >= 15 is 0 Å². The quantitative estimate of drug-likeness (QED) is 0.302. The van der Waals surface area contributed by atoms with E-state index in [9.17, 15) is 4.91 Å². The van der Waals surface area contributed by atoms with Gasteiger partial charge in [-0.25, -0.2) is 0 Å². The minimum absolute atomic E-state index is 0.572. The fraction of sp³-hybridized carbons (Fsp3) is 0.276. The van der Waals surface area contributed by atoms with Crippen LogP contribution in [0.15, 0.2) is 96.3 Å². The maximum atomic E-state index is 12.4. The molecule has 0 bridgehead atoms. The highest BCUT2D eigenvalue weighted by atomic mass is 35.5. The number of halogens is 1. The molecule has 0 radical (unpaired) electrons. The lowest BCUT2D eigenvalue weighted by Crippen LogP contribution is -2.51. The fourth-order valence-electron chi connectivity index (χ4n) is 5.03. The molecule has 1 fully saturated rings. The molecule has 1 aliphatic rings. The highest BCUT2D eigenvalue weighted by Crippen LogP contribution is 2.35. The lowest BCUT2D eigenvalue weighted by Gasteiger charge is -2.39. The molecule has 0 unspecified atom stereocenters. The summed E-state index contributed by atoms with van der Waals surface area (Å²) in [5.74, 6) is 0. The number of aromatic nitrogens is 1. The number of fused-ring (bicyclic) bond motifs is 1. The second-order valence-electron chi connectivity index (χ2n) is 9.25. The number of nitrogens with one attached hydrogen (secondary N) is 1. The summed E-state index contributed by atoms with van der Waals surface area (Å²) >= 11 is 6.11. The molecule has 4 aromatic rings. The van der Waals surface area contributed by atoms with E-state index in [1.807, 2.05) is 91.1 Å². The first kappa shape index (κ1) is 24.4. The highest BCUT2D eigenvalue weighted by molar-refractivity contribution is 6.31. The Bertz CT molecular complexity index is 1250. The summed E-state index contributed by atoms with van der Waals surface area (Å²) in [4.78, 5) is 21.7. The van der Waals surface area contributed by atoms with Crippen molar-refractivity contribution in [3.05, 3.63) is 112 Å². The average Bonchev–Trinajstić information content (AvgIpc) is 2.93. The Morgan fingerprint density at radius 3 is 2.14 bits per heavy atom. The number of benzene rings is 3. The molecule has 6 nitrogen and oxygen atoms in total. The van der Waals surface area contributed by atoms with Crippen molar-refractivity contribution in [2.75, 3.05) is 51.1 Å². The van der Waals surface area contributed by atoms with Crippen LogP contribution in [0.3, 0.4) is 0 Å². The number of pyridine rings is 1. The standard InChI is InChI=1S/C29H30ClN5O/c30-25-11-12-26-27(13-14-31-28(26)21-25)32-15-16-34-17-19-35(20-18-34)22-29(33-36,23-7-3-1-4-8-23)24-9-5-2-6-10-24/h1-14,21H,15-20,22H2,(H,31,32).